The minimum absolute atomic E-state index is 0.0364. The second-order valence-electron chi connectivity index (χ2n) is 9.75. The topological polar surface area (TPSA) is 139 Å². The number of hydrogen-bond acceptors (Lipinski definition) is 6. The van der Waals surface area contributed by atoms with Crippen LogP contribution in [-0.4, -0.2) is 41.0 Å². The molecule has 4 rings (SSSR count). The van der Waals surface area contributed by atoms with Crippen molar-refractivity contribution in [2.45, 2.75) is 71.8 Å². The van der Waals surface area contributed by atoms with Gasteiger partial charge in [0.2, 0.25) is 5.75 Å². The van der Waals surface area contributed by atoms with Crippen molar-refractivity contribution in [1.29, 1.82) is 0 Å². The number of amides is 2. The smallest absolute Gasteiger partial charge is 0.404 e. The van der Waals surface area contributed by atoms with E-state index in [-0.39, 0.29) is 30.0 Å². The molecular formula is C26H33N3O7. The van der Waals surface area contributed by atoms with E-state index >= 15 is 0 Å². The number of nitrogens with one attached hydrogen (secondary N) is 3. The minimum atomic E-state index is -1.02. The Labute approximate surface area is 209 Å². The Morgan fingerprint density at radius 2 is 1.81 bits per heavy atom. The molecular weight excluding hydrogens is 466 g/mol. The number of pyridine rings is 1. The third-order valence-corrected chi connectivity index (χ3v) is 7.24. The van der Waals surface area contributed by atoms with Gasteiger partial charge in [-0.1, -0.05) is 0 Å². The van der Waals surface area contributed by atoms with Crippen LogP contribution in [0.1, 0.15) is 65.3 Å². The third kappa shape index (κ3) is 4.84. The van der Waals surface area contributed by atoms with Crippen LogP contribution < -0.4 is 30.4 Å². The van der Waals surface area contributed by atoms with Crippen molar-refractivity contribution in [3.05, 3.63) is 50.4 Å². The number of carbonyl (C=O) groups is 2. The molecule has 36 heavy (non-hydrogen) atoms. The van der Waals surface area contributed by atoms with Crippen LogP contribution in [0.15, 0.2) is 16.9 Å². The molecule has 0 spiro atoms. The highest BCUT2D eigenvalue weighted by atomic mass is 16.7. The summed E-state index contributed by atoms with van der Waals surface area (Å²) in [5.74, 6) is 0.00774. The molecule has 1 fully saturated rings. The fourth-order valence-corrected chi connectivity index (χ4v) is 5.21. The molecule has 10 nitrogen and oxygen atoms in total. The van der Waals surface area contributed by atoms with Crippen molar-refractivity contribution in [1.82, 2.24) is 15.6 Å². The first-order valence-electron chi connectivity index (χ1n) is 12.1. The van der Waals surface area contributed by atoms with Gasteiger partial charge in [0, 0.05) is 47.8 Å². The number of rotatable bonds is 6. The molecule has 1 aliphatic heterocycles. The molecule has 1 aliphatic carbocycles. The van der Waals surface area contributed by atoms with Crippen molar-refractivity contribution >= 4 is 12.0 Å². The SMILES string of the molecule is COc1cc(C(=O)NCc2c(C)cc(C)[nH]c2=O)c(C)c2c1OC(C)([C@H]1CC[C@H](NC(=O)O)CC1)O2. The molecule has 1 saturated carbocycles. The standard InChI is InChI=1S/C26H33N3O7/c1-13-10-14(2)28-24(31)19(13)12-27-23(30)18-11-20(34-5)22-21(15(18)3)35-26(4,36-22)16-6-8-17(9-7-16)29-25(32)33/h10-11,16-17,29H,6-9,12H2,1-5H3,(H,27,30)(H,28,31)(H,32,33)/t16-,17-,26?. The van der Waals surface area contributed by atoms with Gasteiger partial charge in [0.1, 0.15) is 0 Å². The van der Waals surface area contributed by atoms with Crippen LogP contribution in [0.4, 0.5) is 4.79 Å². The lowest BCUT2D eigenvalue weighted by Gasteiger charge is -2.37. The van der Waals surface area contributed by atoms with Crippen molar-refractivity contribution in [2.24, 2.45) is 5.92 Å². The zero-order chi connectivity index (χ0) is 26.2. The highest BCUT2D eigenvalue weighted by Crippen LogP contribution is 2.52. The third-order valence-electron chi connectivity index (χ3n) is 7.24. The Bertz CT molecular complexity index is 1250. The number of carboxylic acid groups (broad SMARTS) is 1. The molecule has 2 heterocycles. The molecule has 194 valence electrons. The quantitative estimate of drug-likeness (QED) is 0.477. The van der Waals surface area contributed by atoms with Crippen molar-refractivity contribution < 1.29 is 28.9 Å². The number of aromatic amines is 1. The van der Waals surface area contributed by atoms with Gasteiger partial charge >= 0.3 is 6.09 Å². The highest BCUT2D eigenvalue weighted by Gasteiger charge is 2.48. The summed E-state index contributed by atoms with van der Waals surface area (Å²) < 4.78 is 18.2. The van der Waals surface area contributed by atoms with Crippen LogP contribution in [0.5, 0.6) is 17.2 Å². The number of ether oxygens (including phenoxy) is 3. The molecule has 1 unspecified atom stereocenters. The van der Waals surface area contributed by atoms with Gasteiger partial charge in [-0.3, -0.25) is 9.59 Å². The average molecular weight is 500 g/mol. The Morgan fingerprint density at radius 1 is 1.14 bits per heavy atom. The molecule has 1 atom stereocenters. The monoisotopic (exact) mass is 499 g/mol. The van der Waals surface area contributed by atoms with Crippen molar-refractivity contribution in [2.75, 3.05) is 7.11 Å². The number of aryl methyl sites for hydroxylation is 2. The lowest BCUT2D eigenvalue weighted by molar-refractivity contribution is -0.121. The number of benzene rings is 1. The Kier molecular flexibility index (Phi) is 6.88. The van der Waals surface area contributed by atoms with Crippen LogP contribution in [0.3, 0.4) is 0 Å². The van der Waals surface area contributed by atoms with E-state index in [1.165, 1.54) is 7.11 Å². The zero-order valence-corrected chi connectivity index (χ0v) is 21.2. The average Bonchev–Trinajstić information content (AvgIpc) is 3.18. The highest BCUT2D eigenvalue weighted by molar-refractivity contribution is 5.97. The summed E-state index contributed by atoms with van der Waals surface area (Å²) in [6, 6.07) is 3.41. The van der Waals surface area contributed by atoms with Crippen LogP contribution in [0.25, 0.3) is 0 Å². The number of fused-ring (bicyclic) bond motifs is 1. The van der Waals surface area contributed by atoms with E-state index in [0.29, 0.717) is 46.8 Å². The van der Waals surface area contributed by atoms with E-state index in [4.69, 9.17) is 19.3 Å². The largest absolute Gasteiger partial charge is 0.493 e. The van der Waals surface area contributed by atoms with Gasteiger partial charge in [0.15, 0.2) is 11.5 Å². The maximum atomic E-state index is 13.2. The molecule has 2 aliphatic rings. The molecule has 1 aromatic carbocycles. The Hall–Kier alpha value is -3.69. The molecule has 2 amide bonds. The molecule has 4 N–H and O–H groups in total. The van der Waals surface area contributed by atoms with Gasteiger partial charge in [-0.25, -0.2) is 4.79 Å². The van der Waals surface area contributed by atoms with E-state index in [2.05, 4.69) is 15.6 Å². The summed E-state index contributed by atoms with van der Waals surface area (Å²) in [7, 11) is 1.50. The minimum Gasteiger partial charge on any atom is -0.493 e. The fourth-order valence-electron chi connectivity index (χ4n) is 5.21. The number of aromatic nitrogens is 1. The first-order valence-corrected chi connectivity index (χ1v) is 12.1. The molecule has 0 bridgehead atoms. The molecule has 1 aromatic heterocycles. The maximum Gasteiger partial charge on any atom is 0.404 e. The normalized spacial score (nSPS) is 22.7. The first kappa shape index (κ1) is 25.4. The van der Waals surface area contributed by atoms with E-state index in [1.54, 1.807) is 13.0 Å². The number of carbonyl (C=O) groups excluding carboxylic acids is 1. The first-order chi connectivity index (χ1) is 17.0. The van der Waals surface area contributed by atoms with E-state index in [0.717, 1.165) is 24.1 Å². The van der Waals surface area contributed by atoms with Crippen LogP contribution in [-0.2, 0) is 6.54 Å². The maximum absolute atomic E-state index is 13.2. The van der Waals surface area contributed by atoms with Gasteiger partial charge < -0.3 is 34.9 Å². The number of methoxy groups -OCH3 is 1. The van der Waals surface area contributed by atoms with E-state index in [1.807, 2.05) is 26.8 Å². The Balaban J connectivity index is 1.53. The fraction of sp³-hybridized carbons (Fsp3) is 0.500. The summed E-state index contributed by atoms with van der Waals surface area (Å²) in [6.45, 7) is 7.39. The molecule has 0 saturated heterocycles. The van der Waals surface area contributed by atoms with E-state index in [9.17, 15) is 14.4 Å². The van der Waals surface area contributed by atoms with Crippen molar-refractivity contribution in [3.63, 3.8) is 0 Å². The summed E-state index contributed by atoms with van der Waals surface area (Å²) in [5.41, 5.74) is 2.83. The Morgan fingerprint density at radius 3 is 2.42 bits per heavy atom. The van der Waals surface area contributed by atoms with Gasteiger partial charge in [-0.05, 0) is 64.2 Å². The summed E-state index contributed by atoms with van der Waals surface area (Å²) >= 11 is 0. The summed E-state index contributed by atoms with van der Waals surface area (Å²) in [6.07, 6.45) is 1.83. The molecule has 2 aromatic rings. The summed E-state index contributed by atoms with van der Waals surface area (Å²) in [4.78, 5) is 39.2. The summed E-state index contributed by atoms with van der Waals surface area (Å²) in [5, 5.41) is 14.4. The predicted molar refractivity (Wildman–Crippen MR) is 132 cm³/mol. The number of H-pyrrole nitrogens is 1. The van der Waals surface area contributed by atoms with Gasteiger partial charge in [0.05, 0.1) is 7.11 Å². The van der Waals surface area contributed by atoms with Crippen LogP contribution >= 0.6 is 0 Å². The van der Waals surface area contributed by atoms with Gasteiger partial charge in [-0.15, -0.1) is 0 Å². The molecule has 0 radical (unpaired) electrons. The number of hydrogen-bond donors (Lipinski definition) is 4. The lowest BCUT2D eigenvalue weighted by Crippen LogP contribution is -2.47. The van der Waals surface area contributed by atoms with E-state index < -0.39 is 11.9 Å². The van der Waals surface area contributed by atoms with Crippen LogP contribution in [0.2, 0.25) is 0 Å². The predicted octanol–water partition coefficient (Wildman–Crippen LogP) is 3.55. The second kappa shape index (κ2) is 9.75. The van der Waals surface area contributed by atoms with Crippen LogP contribution in [0, 0.1) is 26.7 Å². The zero-order valence-electron chi connectivity index (χ0n) is 21.2. The van der Waals surface area contributed by atoms with Crippen molar-refractivity contribution in [3.8, 4) is 17.2 Å². The van der Waals surface area contributed by atoms with Gasteiger partial charge in [0.25, 0.3) is 17.3 Å². The second-order valence-corrected chi connectivity index (χ2v) is 9.75. The van der Waals surface area contributed by atoms with Gasteiger partial charge in [-0.2, -0.15) is 0 Å². The lowest BCUT2D eigenvalue weighted by atomic mass is 9.81. The molecule has 10 heteroatoms.